The number of nitrogens with zero attached hydrogens (tertiary/aromatic N) is 3. The first-order chi connectivity index (χ1) is 6.51. The summed E-state index contributed by atoms with van der Waals surface area (Å²) in [5.74, 6) is 0.150. The van der Waals surface area contributed by atoms with Gasteiger partial charge < -0.3 is 10.1 Å². The van der Waals surface area contributed by atoms with Crippen molar-refractivity contribution in [1.29, 1.82) is 0 Å². The van der Waals surface area contributed by atoms with Crippen molar-refractivity contribution in [2.75, 3.05) is 19.0 Å². The molecule has 1 rings (SSSR count). The van der Waals surface area contributed by atoms with E-state index >= 15 is 0 Å². The van der Waals surface area contributed by atoms with E-state index in [0.717, 1.165) is 6.33 Å². The Morgan fingerprint density at radius 3 is 2.71 bits per heavy atom. The molecule has 1 aromatic heterocycles. The highest BCUT2D eigenvalue weighted by molar-refractivity contribution is 5.21. The van der Waals surface area contributed by atoms with Crippen LogP contribution in [0.2, 0.25) is 0 Å². The predicted molar refractivity (Wildman–Crippen MR) is 40.9 cm³/mol. The summed E-state index contributed by atoms with van der Waals surface area (Å²) in [6.45, 7) is -1.42. The molecule has 0 bridgehead atoms. The van der Waals surface area contributed by atoms with E-state index in [-0.39, 0.29) is 12.0 Å². The molecule has 0 fully saturated rings. The minimum absolute atomic E-state index is 0.150. The number of halogens is 3. The van der Waals surface area contributed by atoms with Gasteiger partial charge in [0, 0.05) is 7.05 Å². The zero-order valence-corrected chi connectivity index (χ0v) is 7.17. The highest BCUT2D eigenvalue weighted by Gasteiger charge is 2.28. The first-order valence-electron chi connectivity index (χ1n) is 3.57. The largest absolute Gasteiger partial charge is 0.454 e. The number of alkyl halides is 3. The summed E-state index contributed by atoms with van der Waals surface area (Å²) in [5, 5.41) is 2.54. The number of hydrogen-bond donors (Lipinski definition) is 1. The van der Waals surface area contributed by atoms with Crippen molar-refractivity contribution in [2.45, 2.75) is 6.18 Å². The lowest BCUT2D eigenvalue weighted by Gasteiger charge is -2.07. The van der Waals surface area contributed by atoms with E-state index in [1.54, 1.807) is 0 Å². The van der Waals surface area contributed by atoms with Crippen molar-refractivity contribution in [3.05, 3.63) is 6.33 Å². The Hall–Kier alpha value is -1.60. The number of aromatic nitrogens is 3. The highest BCUT2D eigenvalue weighted by atomic mass is 19.4. The Morgan fingerprint density at radius 1 is 1.43 bits per heavy atom. The van der Waals surface area contributed by atoms with E-state index in [1.165, 1.54) is 7.05 Å². The monoisotopic (exact) mass is 208 g/mol. The maximum atomic E-state index is 11.7. The first kappa shape index (κ1) is 10.5. The van der Waals surface area contributed by atoms with E-state index < -0.39 is 12.8 Å². The van der Waals surface area contributed by atoms with Crippen LogP contribution in [-0.2, 0) is 0 Å². The molecule has 0 aliphatic heterocycles. The van der Waals surface area contributed by atoms with E-state index in [1.807, 2.05) is 0 Å². The maximum absolute atomic E-state index is 11.7. The number of rotatable bonds is 3. The third-order valence-corrected chi connectivity index (χ3v) is 1.14. The Kier molecular flexibility index (Phi) is 3.05. The van der Waals surface area contributed by atoms with Crippen LogP contribution in [0, 0.1) is 0 Å². The molecule has 8 heteroatoms. The van der Waals surface area contributed by atoms with Crippen LogP contribution in [0.4, 0.5) is 19.1 Å². The number of nitrogens with one attached hydrogen (secondary N) is 1. The topological polar surface area (TPSA) is 59.9 Å². The lowest BCUT2D eigenvalue weighted by molar-refractivity contribution is -0.154. The summed E-state index contributed by atoms with van der Waals surface area (Å²) in [4.78, 5) is 10.6. The molecule has 1 N–H and O–H groups in total. The van der Waals surface area contributed by atoms with Crippen LogP contribution in [0.3, 0.4) is 0 Å². The number of anilines is 1. The maximum Gasteiger partial charge on any atom is 0.422 e. The molecule has 1 aromatic rings. The van der Waals surface area contributed by atoms with Crippen molar-refractivity contribution in [3.63, 3.8) is 0 Å². The highest BCUT2D eigenvalue weighted by Crippen LogP contribution is 2.15. The average Bonchev–Trinajstić information content (AvgIpc) is 2.14. The van der Waals surface area contributed by atoms with Crippen molar-refractivity contribution in [1.82, 2.24) is 15.0 Å². The van der Waals surface area contributed by atoms with Crippen LogP contribution in [0.5, 0.6) is 6.01 Å². The standard InChI is InChI=1S/C6H7F3N4O/c1-10-4-11-3-12-5(13-4)14-2-6(7,8)9/h3H,2H2,1H3,(H,10,11,12,13). The van der Waals surface area contributed by atoms with Crippen LogP contribution in [0.1, 0.15) is 0 Å². The SMILES string of the molecule is CNc1ncnc(OCC(F)(F)F)n1. The molecule has 0 spiro atoms. The van der Waals surface area contributed by atoms with Crippen LogP contribution < -0.4 is 10.1 Å². The second-order valence-corrected chi connectivity index (χ2v) is 2.25. The smallest absolute Gasteiger partial charge is 0.422 e. The predicted octanol–water partition coefficient (Wildman–Crippen LogP) is 0.854. The molecule has 0 unspecified atom stereocenters. The minimum Gasteiger partial charge on any atom is -0.454 e. The molecule has 0 amide bonds. The second kappa shape index (κ2) is 4.07. The van der Waals surface area contributed by atoms with E-state index in [0.29, 0.717) is 0 Å². The van der Waals surface area contributed by atoms with Gasteiger partial charge in [-0.15, -0.1) is 0 Å². The molecule has 0 saturated carbocycles. The molecule has 0 radical (unpaired) electrons. The van der Waals surface area contributed by atoms with Gasteiger partial charge in [-0.2, -0.15) is 23.1 Å². The number of ether oxygens (including phenoxy) is 1. The molecule has 78 valence electrons. The van der Waals surface area contributed by atoms with Gasteiger partial charge in [-0.25, -0.2) is 4.98 Å². The quantitative estimate of drug-likeness (QED) is 0.798. The zero-order valence-electron chi connectivity index (χ0n) is 7.17. The summed E-state index contributed by atoms with van der Waals surface area (Å²) in [5.41, 5.74) is 0. The zero-order chi connectivity index (χ0) is 10.6. The first-order valence-corrected chi connectivity index (χ1v) is 3.57. The normalized spacial score (nSPS) is 11.1. The fourth-order valence-corrected chi connectivity index (χ4v) is 0.618. The Bertz CT molecular complexity index is 303. The minimum atomic E-state index is -4.40. The fourth-order valence-electron chi connectivity index (χ4n) is 0.618. The van der Waals surface area contributed by atoms with Crippen LogP contribution in [0.25, 0.3) is 0 Å². The van der Waals surface area contributed by atoms with Gasteiger partial charge in [-0.3, -0.25) is 0 Å². The summed E-state index contributed by atoms with van der Waals surface area (Å²) >= 11 is 0. The van der Waals surface area contributed by atoms with E-state index in [2.05, 4.69) is 25.0 Å². The van der Waals surface area contributed by atoms with Gasteiger partial charge in [0.25, 0.3) is 0 Å². The van der Waals surface area contributed by atoms with E-state index in [4.69, 9.17) is 0 Å². The van der Waals surface area contributed by atoms with Gasteiger partial charge in [0.1, 0.15) is 6.33 Å². The number of hydrogen-bond acceptors (Lipinski definition) is 5. The lowest BCUT2D eigenvalue weighted by atomic mass is 10.7. The summed E-state index contributed by atoms with van der Waals surface area (Å²) < 4.78 is 39.4. The summed E-state index contributed by atoms with van der Waals surface area (Å²) in [6.07, 6.45) is -3.34. The molecule has 0 aliphatic carbocycles. The van der Waals surface area contributed by atoms with Crippen molar-refractivity contribution in [3.8, 4) is 6.01 Å². The van der Waals surface area contributed by atoms with Crippen LogP contribution in [-0.4, -0.2) is 34.8 Å². The summed E-state index contributed by atoms with van der Waals surface area (Å²) in [7, 11) is 1.53. The van der Waals surface area contributed by atoms with Crippen molar-refractivity contribution >= 4 is 5.95 Å². The lowest BCUT2D eigenvalue weighted by Crippen LogP contribution is -2.20. The molecule has 0 atom stereocenters. The van der Waals surface area contributed by atoms with Gasteiger partial charge in [0.05, 0.1) is 0 Å². The van der Waals surface area contributed by atoms with Gasteiger partial charge in [-0.1, -0.05) is 0 Å². The molecule has 0 aliphatic rings. The summed E-state index contributed by atoms with van der Waals surface area (Å²) in [6, 6.07) is -0.360. The Labute approximate surface area is 77.3 Å². The van der Waals surface area contributed by atoms with E-state index in [9.17, 15) is 13.2 Å². The van der Waals surface area contributed by atoms with Crippen molar-refractivity contribution in [2.24, 2.45) is 0 Å². The molecule has 1 heterocycles. The molecule has 5 nitrogen and oxygen atoms in total. The third kappa shape index (κ3) is 3.42. The molecule has 14 heavy (non-hydrogen) atoms. The second-order valence-electron chi connectivity index (χ2n) is 2.25. The van der Waals surface area contributed by atoms with Crippen LogP contribution in [0.15, 0.2) is 6.33 Å². The van der Waals surface area contributed by atoms with Gasteiger partial charge in [0.15, 0.2) is 6.61 Å². The average molecular weight is 208 g/mol. The van der Waals surface area contributed by atoms with Crippen LogP contribution >= 0.6 is 0 Å². The molecule has 0 aromatic carbocycles. The Balaban J connectivity index is 2.59. The van der Waals surface area contributed by atoms with Gasteiger partial charge in [0.2, 0.25) is 5.95 Å². The molecular weight excluding hydrogens is 201 g/mol. The van der Waals surface area contributed by atoms with Gasteiger partial charge in [-0.05, 0) is 0 Å². The molecular formula is C6H7F3N4O. The fraction of sp³-hybridized carbons (Fsp3) is 0.500. The Morgan fingerprint density at radius 2 is 2.14 bits per heavy atom. The van der Waals surface area contributed by atoms with Gasteiger partial charge >= 0.3 is 12.2 Å². The third-order valence-electron chi connectivity index (χ3n) is 1.14. The van der Waals surface area contributed by atoms with Crippen molar-refractivity contribution < 1.29 is 17.9 Å². The molecule has 0 saturated heterocycles.